The van der Waals surface area contributed by atoms with Crippen molar-refractivity contribution in [3.8, 4) is 5.75 Å². The zero-order chi connectivity index (χ0) is 22.4. The van der Waals surface area contributed by atoms with Crippen LogP contribution >= 0.6 is 0 Å². The topological polar surface area (TPSA) is 54.5 Å². The van der Waals surface area contributed by atoms with Crippen molar-refractivity contribution in [2.45, 2.75) is 44.5 Å². The summed E-state index contributed by atoms with van der Waals surface area (Å²) in [4.78, 5) is 18.0. The summed E-state index contributed by atoms with van der Waals surface area (Å²) in [6.45, 7) is -1.72. The molecule has 5 nitrogen and oxygen atoms in total. The lowest BCUT2D eigenvalue weighted by Gasteiger charge is -2.33. The summed E-state index contributed by atoms with van der Waals surface area (Å²) in [6.07, 6.45) is -1.53. The van der Waals surface area contributed by atoms with Gasteiger partial charge in [-0.25, -0.2) is 4.98 Å². The van der Waals surface area contributed by atoms with E-state index in [2.05, 4.69) is 15.0 Å². The van der Waals surface area contributed by atoms with Crippen LogP contribution in [0.1, 0.15) is 30.4 Å². The van der Waals surface area contributed by atoms with Gasteiger partial charge in [0.2, 0.25) is 5.91 Å². The predicted molar refractivity (Wildman–Crippen MR) is 104 cm³/mol. The average molecular weight is 443 g/mol. The molecule has 2 heterocycles. The van der Waals surface area contributed by atoms with E-state index in [0.717, 1.165) is 17.8 Å². The molecule has 1 aliphatic heterocycles. The third kappa shape index (κ3) is 6.80. The number of piperidine rings is 1. The number of hydrogen-bond donors (Lipinski definition) is 1. The molecule has 0 bridgehead atoms. The first-order chi connectivity index (χ1) is 14.7. The molecule has 1 N–H and O–H groups in total. The van der Waals surface area contributed by atoms with Gasteiger partial charge in [0, 0.05) is 31.7 Å². The number of carbonyl (C=O) groups is 1. The van der Waals surface area contributed by atoms with Crippen molar-refractivity contribution in [1.29, 1.82) is 0 Å². The van der Waals surface area contributed by atoms with Crippen LogP contribution < -0.4 is 15.0 Å². The van der Waals surface area contributed by atoms with E-state index in [-0.39, 0.29) is 24.1 Å². The first kappa shape index (κ1) is 22.8. The molecule has 3 rings (SSSR count). The lowest BCUT2D eigenvalue weighted by Crippen LogP contribution is -2.45. The van der Waals surface area contributed by atoms with E-state index in [9.17, 15) is 26.7 Å². The van der Waals surface area contributed by atoms with Crippen LogP contribution in [0.4, 0.5) is 27.8 Å². The van der Waals surface area contributed by atoms with Crippen molar-refractivity contribution in [3.63, 3.8) is 0 Å². The molecule has 1 amide bonds. The van der Waals surface area contributed by atoms with Gasteiger partial charge in [-0.15, -0.1) is 0 Å². The third-order valence-corrected chi connectivity index (χ3v) is 5.05. The fraction of sp³-hybridized carbons (Fsp3) is 0.429. The molecule has 0 saturated carbocycles. The fourth-order valence-electron chi connectivity index (χ4n) is 3.39. The number of benzene rings is 1. The Morgan fingerprint density at radius 1 is 1.13 bits per heavy atom. The van der Waals surface area contributed by atoms with Gasteiger partial charge in [-0.1, -0.05) is 12.1 Å². The van der Waals surface area contributed by atoms with Crippen LogP contribution in [0.2, 0.25) is 0 Å². The number of aryl methyl sites for hydroxylation is 1. The summed E-state index contributed by atoms with van der Waals surface area (Å²) in [5.41, 5.74) is 0.0505. The molecule has 31 heavy (non-hydrogen) atoms. The maximum Gasteiger partial charge on any atom is 0.417 e. The number of pyridine rings is 1. The van der Waals surface area contributed by atoms with Crippen LogP contribution in [-0.4, -0.2) is 36.6 Å². The number of ether oxygens (including phenoxy) is 1. The second-order valence-electron chi connectivity index (χ2n) is 7.25. The van der Waals surface area contributed by atoms with Crippen LogP contribution in [0.15, 0.2) is 42.6 Å². The Bertz CT molecular complexity index is 849. The smallest absolute Gasteiger partial charge is 0.417 e. The monoisotopic (exact) mass is 443 g/mol. The molecule has 168 valence electrons. The Morgan fingerprint density at radius 2 is 1.81 bits per heavy atom. The molecular weight excluding hydrogens is 421 g/mol. The largest absolute Gasteiger partial charge is 0.435 e. The molecule has 0 unspecified atom stereocenters. The van der Waals surface area contributed by atoms with E-state index in [4.69, 9.17) is 0 Å². The van der Waals surface area contributed by atoms with Gasteiger partial charge in [0.15, 0.2) is 0 Å². The number of nitrogens with zero attached hydrogens (tertiary/aromatic N) is 2. The van der Waals surface area contributed by atoms with Gasteiger partial charge < -0.3 is 15.0 Å². The molecule has 2 aromatic rings. The Balaban J connectivity index is 1.40. The van der Waals surface area contributed by atoms with E-state index in [1.54, 1.807) is 12.1 Å². The summed E-state index contributed by atoms with van der Waals surface area (Å²) in [7, 11) is 0. The second kappa shape index (κ2) is 9.93. The van der Waals surface area contributed by atoms with Crippen molar-refractivity contribution in [1.82, 2.24) is 10.3 Å². The molecule has 1 aromatic heterocycles. The molecule has 1 aromatic carbocycles. The van der Waals surface area contributed by atoms with Crippen LogP contribution in [0.5, 0.6) is 5.75 Å². The number of halogens is 5. The normalized spacial score (nSPS) is 15.2. The molecule has 1 fully saturated rings. The van der Waals surface area contributed by atoms with Crippen LogP contribution in [0, 0.1) is 0 Å². The molecular formula is C21H22F5N3O2. The standard InChI is InChI=1S/C21H22F5N3O2/c22-20(23)31-17-5-1-14(2-6-17)3-8-19(30)28-16-9-11-29(12-10-16)18-7-4-15(13-27-18)21(24,25)26/h1-2,4-7,13,16,20H,3,8-12H2,(H,28,30). The van der Waals surface area contributed by atoms with E-state index in [0.29, 0.717) is 38.2 Å². The van der Waals surface area contributed by atoms with Crippen molar-refractivity contribution in [3.05, 3.63) is 53.7 Å². The quantitative estimate of drug-likeness (QED) is 0.644. The Labute approximate surface area is 176 Å². The van der Waals surface area contributed by atoms with Crippen molar-refractivity contribution in [2.24, 2.45) is 0 Å². The van der Waals surface area contributed by atoms with Gasteiger partial charge in [0.1, 0.15) is 11.6 Å². The third-order valence-electron chi connectivity index (χ3n) is 5.05. The molecule has 0 spiro atoms. The summed E-state index contributed by atoms with van der Waals surface area (Å²) < 4.78 is 66.5. The van der Waals surface area contributed by atoms with E-state index < -0.39 is 18.4 Å². The van der Waals surface area contributed by atoms with Crippen molar-refractivity contribution in [2.75, 3.05) is 18.0 Å². The number of amides is 1. The van der Waals surface area contributed by atoms with Crippen molar-refractivity contribution >= 4 is 11.7 Å². The predicted octanol–water partition coefficient (Wildman–Crippen LogP) is 4.42. The minimum absolute atomic E-state index is 0.0139. The number of hydrogen-bond acceptors (Lipinski definition) is 4. The molecule has 10 heteroatoms. The number of aromatic nitrogens is 1. The minimum atomic E-state index is -4.41. The minimum Gasteiger partial charge on any atom is -0.435 e. The van der Waals surface area contributed by atoms with E-state index in [1.807, 2.05) is 4.90 Å². The fourth-order valence-corrected chi connectivity index (χ4v) is 3.39. The molecule has 1 aliphatic rings. The average Bonchev–Trinajstić information content (AvgIpc) is 2.73. The lowest BCUT2D eigenvalue weighted by atomic mass is 10.0. The number of nitrogens with one attached hydrogen (secondary N) is 1. The zero-order valence-corrected chi connectivity index (χ0v) is 16.5. The maximum atomic E-state index is 12.6. The highest BCUT2D eigenvalue weighted by Gasteiger charge is 2.31. The second-order valence-corrected chi connectivity index (χ2v) is 7.25. The van der Waals surface area contributed by atoms with Gasteiger partial charge >= 0.3 is 12.8 Å². The van der Waals surface area contributed by atoms with E-state index in [1.165, 1.54) is 18.2 Å². The Hall–Kier alpha value is -2.91. The summed E-state index contributed by atoms with van der Waals surface area (Å²) >= 11 is 0. The first-order valence-corrected chi connectivity index (χ1v) is 9.82. The van der Waals surface area contributed by atoms with Gasteiger partial charge in [-0.05, 0) is 49.1 Å². The summed E-state index contributed by atoms with van der Waals surface area (Å²) in [5.74, 6) is 0.438. The summed E-state index contributed by atoms with van der Waals surface area (Å²) in [6, 6.07) is 8.51. The molecule has 0 aliphatic carbocycles. The highest BCUT2D eigenvalue weighted by Crippen LogP contribution is 2.29. The summed E-state index contributed by atoms with van der Waals surface area (Å²) in [5, 5.41) is 2.97. The van der Waals surface area contributed by atoms with E-state index >= 15 is 0 Å². The first-order valence-electron chi connectivity index (χ1n) is 9.82. The molecule has 0 radical (unpaired) electrons. The van der Waals surface area contributed by atoms with Crippen LogP contribution in [-0.2, 0) is 17.4 Å². The lowest BCUT2D eigenvalue weighted by molar-refractivity contribution is -0.137. The number of carbonyl (C=O) groups excluding carboxylic acids is 1. The van der Waals surface area contributed by atoms with Crippen molar-refractivity contribution < 1.29 is 31.5 Å². The highest BCUT2D eigenvalue weighted by atomic mass is 19.4. The zero-order valence-electron chi connectivity index (χ0n) is 16.5. The van der Waals surface area contributed by atoms with Gasteiger partial charge in [-0.2, -0.15) is 22.0 Å². The number of rotatable bonds is 7. The van der Waals surface area contributed by atoms with Crippen LogP contribution in [0.3, 0.4) is 0 Å². The molecule has 0 atom stereocenters. The van der Waals surface area contributed by atoms with Gasteiger partial charge in [0.25, 0.3) is 0 Å². The highest BCUT2D eigenvalue weighted by molar-refractivity contribution is 5.76. The Kier molecular flexibility index (Phi) is 7.29. The van der Waals surface area contributed by atoms with Crippen LogP contribution in [0.25, 0.3) is 0 Å². The van der Waals surface area contributed by atoms with Gasteiger partial charge in [0.05, 0.1) is 5.56 Å². The number of anilines is 1. The number of alkyl halides is 5. The van der Waals surface area contributed by atoms with Gasteiger partial charge in [-0.3, -0.25) is 4.79 Å². The maximum absolute atomic E-state index is 12.6. The SMILES string of the molecule is O=C(CCc1ccc(OC(F)F)cc1)NC1CCN(c2ccc(C(F)(F)F)cn2)CC1. The molecule has 1 saturated heterocycles. The Morgan fingerprint density at radius 3 is 2.35 bits per heavy atom.